The largest absolute Gasteiger partial charge is 0.330 e. The van der Waals surface area contributed by atoms with Crippen LogP contribution in [0, 0.1) is 6.92 Å². The lowest BCUT2D eigenvalue weighted by atomic mass is 10.4. The maximum atomic E-state index is 11.9. The molecule has 2 heterocycles. The van der Waals surface area contributed by atoms with Crippen molar-refractivity contribution in [2.24, 2.45) is 7.05 Å². The van der Waals surface area contributed by atoms with E-state index in [-0.39, 0.29) is 15.0 Å². The highest BCUT2D eigenvalue weighted by Gasteiger charge is 2.21. The molecule has 0 saturated carbocycles. The summed E-state index contributed by atoms with van der Waals surface area (Å²) >= 11 is 0.805. The average Bonchev–Trinajstić information content (AvgIpc) is 2.83. The van der Waals surface area contributed by atoms with E-state index in [0.29, 0.717) is 5.69 Å². The molecule has 0 spiro atoms. The normalized spacial score (nSPS) is 11.5. The number of hydrogen-bond acceptors (Lipinski definition) is 6. The summed E-state index contributed by atoms with van der Waals surface area (Å²) in [6.45, 7) is 1.51. The molecular formula is C9H9ClN4O3S2. The highest BCUT2D eigenvalue weighted by Crippen LogP contribution is 2.29. The van der Waals surface area contributed by atoms with Crippen LogP contribution in [-0.4, -0.2) is 28.9 Å². The number of aryl methyl sites for hydroxylation is 2. The summed E-state index contributed by atoms with van der Waals surface area (Å²) in [5, 5.41) is 2.67. The van der Waals surface area contributed by atoms with Crippen LogP contribution in [0.4, 0.5) is 5.13 Å². The van der Waals surface area contributed by atoms with Crippen molar-refractivity contribution in [3.63, 3.8) is 0 Å². The number of carbonyl (C=O) groups is 1. The van der Waals surface area contributed by atoms with Gasteiger partial charge in [0.05, 0.1) is 18.2 Å². The van der Waals surface area contributed by atoms with Crippen molar-refractivity contribution in [1.82, 2.24) is 14.5 Å². The van der Waals surface area contributed by atoms with Gasteiger partial charge in [-0.3, -0.25) is 10.1 Å². The van der Waals surface area contributed by atoms with Crippen LogP contribution in [0.2, 0.25) is 0 Å². The van der Waals surface area contributed by atoms with Gasteiger partial charge in [0.2, 0.25) is 0 Å². The Morgan fingerprint density at radius 2 is 2.21 bits per heavy atom. The van der Waals surface area contributed by atoms with Crippen LogP contribution in [0.3, 0.4) is 0 Å². The zero-order chi connectivity index (χ0) is 14.2. The molecule has 2 rings (SSSR count). The van der Waals surface area contributed by atoms with Gasteiger partial charge in [0, 0.05) is 17.7 Å². The van der Waals surface area contributed by atoms with Gasteiger partial charge >= 0.3 is 0 Å². The van der Waals surface area contributed by atoms with Gasteiger partial charge in [0.25, 0.3) is 15.0 Å². The van der Waals surface area contributed by atoms with E-state index in [9.17, 15) is 13.2 Å². The van der Waals surface area contributed by atoms with Crippen LogP contribution >= 0.6 is 22.0 Å². The second-order valence-corrected chi connectivity index (χ2v) is 7.43. The molecule has 10 heteroatoms. The van der Waals surface area contributed by atoms with E-state index >= 15 is 0 Å². The topological polar surface area (TPSA) is 93.9 Å². The molecule has 2 aromatic rings. The molecule has 0 aliphatic carbocycles. The number of imidazole rings is 1. The van der Waals surface area contributed by atoms with E-state index in [0.717, 1.165) is 11.3 Å². The Morgan fingerprint density at radius 3 is 2.68 bits per heavy atom. The van der Waals surface area contributed by atoms with Crippen molar-refractivity contribution in [1.29, 1.82) is 0 Å². The molecule has 102 valence electrons. The van der Waals surface area contributed by atoms with Crippen LogP contribution in [-0.2, 0) is 16.1 Å². The minimum atomic E-state index is -3.85. The first-order chi connectivity index (χ1) is 8.79. The molecule has 0 saturated heterocycles. The number of anilines is 1. The van der Waals surface area contributed by atoms with Gasteiger partial charge in [0.1, 0.15) is 5.69 Å². The molecule has 1 amide bonds. The molecule has 0 bridgehead atoms. The third-order valence-electron chi connectivity index (χ3n) is 2.25. The Bertz CT molecular complexity index is 734. The van der Waals surface area contributed by atoms with Crippen molar-refractivity contribution in [2.45, 2.75) is 11.1 Å². The second-order valence-electron chi connectivity index (χ2n) is 3.67. The van der Waals surface area contributed by atoms with Gasteiger partial charge in [-0.1, -0.05) is 11.3 Å². The third kappa shape index (κ3) is 2.94. The molecule has 0 fully saturated rings. The zero-order valence-electron chi connectivity index (χ0n) is 9.92. The fourth-order valence-corrected chi connectivity index (χ4v) is 3.75. The standard InChI is InChI=1S/C9H9ClN4O3S2/c1-5-8(19(10,16)17)18-9(12-5)13-7(15)6-3-11-4-14(6)2/h3-4H,1-2H3,(H,12,13,15). The first-order valence-electron chi connectivity index (χ1n) is 4.99. The van der Waals surface area contributed by atoms with Crippen LogP contribution in [0.25, 0.3) is 0 Å². The number of thiazole rings is 1. The van der Waals surface area contributed by atoms with Gasteiger partial charge in [0.15, 0.2) is 9.34 Å². The minimum Gasteiger partial charge on any atom is -0.330 e. The number of aromatic nitrogens is 3. The maximum Gasteiger partial charge on any atom is 0.275 e. The van der Waals surface area contributed by atoms with Gasteiger partial charge in [-0.05, 0) is 6.92 Å². The number of amides is 1. The Kier molecular flexibility index (Phi) is 3.61. The van der Waals surface area contributed by atoms with E-state index < -0.39 is 15.0 Å². The SMILES string of the molecule is Cc1nc(NC(=O)c2cncn2C)sc1S(=O)(=O)Cl. The lowest BCUT2D eigenvalue weighted by molar-refractivity contribution is 0.101. The summed E-state index contributed by atoms with van der Waals surface area (Å²) in [6, 6.07) is 0. The molecule has 0 aliphatic heterocycles. The number of hydrogen-bond donors (Lipinski definition) is 1. The first-order valence-corrected chi connectivity index (χ1v) is 8.11. The maximum absolute atomic E-state index is 11.9. The van der Waals surface area contributed by atoms with Gasteiger partial charge in [-0.2, -0.15) is 0 Å². The van der Waals surface area contributed by atoms with Crippen molar-refractivity contribution in [2.75, 3.05) is 5.32 Å². The predicted molar refractivity (Wildman–Crippen MR) is 71.1 cm³/mol. The Hall–Kier alpha value is -1.45. The summed E-state index contributed by atoms with van der Waals surface area (Å²) < 4.78 is 24.0. The van der Waals surface area contributed by atoms with Crippen LogP contribution in [0.5, 0.6) is 0 Å². The van der Waals surface area contributed by atoms with E-state index in [4.69, 9.17) is 10.7 Å². The fraction of sp³-hybridized carbons (Fsp3) is 0.222. The summed E-state index contributed by atoms with van der Waals surface area (Å²) in [5.74, 6) is -0.424. The van der Waals surface area contributed by atoms with Gasteiger partial charge < -0.3 is 4.57 Å². The molecule has 7 nitrogen and oxygen atoms in total. The Balaban J connectivity index is 2.26. The second kappa shape index (κ2) is 4.91. The van der Waals surface area contributed by atoms with Crippen LogP contribution in [0.15, 0.2) is 16.7 Å². The molecule has 0 atom stereocenters. The number of nitrogens with one attached hydrogen (secondary N) is 1. The van der Waals surface area contributed by atoms with Crippen molar-refractivity contribution < 1.29 is 13.2 Å². The van der Waals surface area contributed by atoms with E-state index in [1.807, 2.05) is 0 Å². The molecule has 0 aliphatic rings. The molecule has 0 aromatic carbocycles. The van der Waals surface area contributed by atoms with E-state index in [1.165, 1.54) is 24.0 Å². The molecule has 1 N–H and O–H groups in total. The highest BCUT2D eigenvalue weighted by atomic mass is 35.7. The zero-order valence-corrected chi connectivity index (χ0v) is 12.3. The third-order valence-corrected chi connectivity index (χ3v) is 5.50. The number of rotatable bonds is 3. The van der Waals surface area contributed by atoms with E-state index in [2.05, 4.69) is 15.3 Å². The van der Waals surface area contributed by atoms with Crippen molar-refractivity contribution >= 4 is 42.1 Å². The minimum absolute atomic E-state index is 0.0746. The summed E-state index contributed by atoms with van der Waals surface area (Å²) in [6.07, 6.45) is 2.88. The number of carbonyl (C=O) groups excluding carboxylic acids is 1. The number of nitrogens with zero attached hydrogens (tertiary/aromatic N) is 3. The first kappa shape index (κ1) is 14.0. The van der Waals surface area contributed by atoms with Crippen molar-refractivity contribution in [3.05, 3.63) is 23.9 Å². The summed E-state index contributed by atoms with van der Waals surface area (Å²) in [4.78, 5) is 19.6. The number of halogens is 1. The van der Waals surface area contributed by atoms with Crippen LogP contribution < -0.4 is 5.32 Å². The lowest BCUT2D eigenvalue weighted by Crippen LogP contribution is -2.15. The Labute approximate surface area is 117 Å². The fourth-order valence-electron chi connectivity index (χ4n) is 1.40. The molecule has 19 heavy (non-hydrogen) atoms. The van der Waals surface area contributed by atoms with Gasteiger partial charge in [-0.15, -0.1) is 0 Å². The Morgan fingerprint density at radius 1 is 1.53 bits per heavy atom. The lowest BCUT2D eigenvalue weighted by Gasteiger charge is -2.01. The van der Waals surface area contributed by atoms with E-state index in [1.54, 1.807) is 7.05 Å². The predicted octanol–water partition coefficient (Wildman–Crippen LogP) is 1.36. The summed E-state index contributed by atoms with van der Waals surface area (Å²) in [5.41, 5.74) is 0.587. The molecule has 0 radical (unpaired) electrons. The quantitative estimate of drug-likeness (QED) is 0.862. The molecule has 0 unspecified atom stereocenters. The molecule has 2 aromatic heterocycles. The smallest absolute Gasteiger partial charge is 0.275 e. The van der Waals surface area contributed by atoms with Crippen molar-refractivity contribution in [3.8, 4) is 0 Å². The van der Waals surface area contributed by atoms with Crippen LogP contribution in [0.1, 0.15) is 16.2 Å². The monoisotopic (exact) mass is 320 g/mol. The van der Waals surface area contributed by atoms with Gasteiger partial charge in [-0.25, -0.2) is 18.4 Å². The summed E-state index contributed by atoms with van der Waals surface area (Å²) in [7, 11) is 3.07. The highest BCUT2D eigenvalue weighted by molar-refractivity contribution is 8.15. The average molecular weight is 321 g/mol. The molecular weight excluding hydrogens is 312 g/mol.